The van der Waals surface area contributed by atoms with Crippen molar-refractivity contribution in [2.45, 2.75) is 12.6 Å². The van der Waals surface area contributed by atoms with E-state index in [1.165, 1.54) is 18.2 Å². The topological polar surface area (TPSA) is 49.3 Å². The van der Waals surface area contributed by atoms with Crippen LogP contribution in [-0.2, 0) is 11.2 Å². The second kappa shape index (κ2) is 5.05. The summed E-state index contributed by atoms with van der Waals surface area (Å²) in [6.07, 6.45) is -5.16. The lowest BCUT2D eigenvalue weighted by Gasteiger charge is -2.32. The summed E-state index contributed by atoms with van der Waals surface area (Å²) in [5, 5.41) is 11.5. The molecule has 0 aromatic heterocycles. The van der Waals surface area contributed by atoms with Gasteiger partial charge in [0.1, 0.15) is 5.82 Å². The van der Waals surface area contributed by atoms with E-state index in [0.29, 0.717) is 0 Å². The van der Waals surface area contributed by atoms with Crippen molar-refractivity contribution in [2.24, 2.45) is 11.3 Å². The van der Waals surface area contributed by atoms with E-state index in [0.717, 1.165) is 6.07 Å². The molecule has 0 spiro atoms. The Balaban J connectivity index is 2.35. The molecule has 2 rings (SSSR count). The first-order chi connectivity index (χ1) is 9.29. The molecule has 1 heterocycles. The first-order valence-electron chi connectivity index (χ1n) is 6.03. The van der Waals surface area contributed by atoms with E-state index in [4.69, 9.17) is 5.11 Å². The van der Waals surface area contributed by atoms with Crippen LogP contribution in [0.25, 0.3) is 0 Å². The van der Waals surface area contributed by atoms with Crippen molar-refractivity contribution in [2.75, 3.05) is 13.1 Å². The molecule has 0 bridgehead atoms. The predicted molar refractivity (Wildman–Crippen MR) is 62.6 cm³/mol. The van der Waals surface area contributed by atoms with Crippen LogP contribution in [0.15, 0.2) is 24.3 Å². The lowest BCUT2D eigenvalue weighted by molar-refractivity contribution is -0.236. The molecule has 20 heavy (non-hydrogen) atoms. The first-order valence-corrected chi connectivity index (χ1v) is 6.03. The Morgan fingerprint density at radius 1 is 1.40 bits per heavy atom. The number of aliphatic carboxylic acids is 1. The van der Waals surface area contributed by atoms with Gasteiger partial charge >= 0.3 is 12.1 Å². The van der Waals surface area contributed by atoms with Gasteiger partial charge in [-0.05, 0) is 24.6 Å². The molecule has 0 saturated carbocycles. The Morgan fingerprint density at radius 3 is 2.60 bits per heavy atom. The summed E-state index contributed by atoms with van der Waals surface area (Å²) in [7, 11) is 0. The fraction of sp³-hybridized carbons (Fsp3) is 0.462. The third kappa shape index (κ3) is 2.26. The SMILES string of the molecule is O=C(O)[C@]1(C(F)(F)F)CNC[C@H]1Cc1ccccc1F. The average Bonchev–Trinajstić information content (AvgIpc) is 2.76. The van der Waals surface area contributed by atoms with Gasteiger partial charge in [-0.15, -0.1) is 0 Å². The van der Waals surface area contributed by atoms with Crippen LogP contribution < -0.4 is 5.32 Å². The summed E-state index contributed by atoms with van der Waals surface area (Å²) in [5.41, 5.74) is -2.77. The van der Waals surface area contributed by atoms with Gasteiger partial charge in [-0.3, -0.25) is 4.79 Å². The van der Waals surface area contributed by atoms with Crippen LogP contribution in [-0.4, -0.2) is 30.3 Å². The van der Waals surface area contributed by atoms with Crippen molar-refractivity contribution < 1.29 is 27.5 Å². The minimum absolute atomic E-state index is 0.0936. The molecule has 0 unspecified atom stereocenters. The second-order valence-electron chi connectivity index (χ2n) is 4.90. The van der Waals surface area contributed by atoms with Gasteiger partial charge < -0.3 is 10.4 Å². The molecule has 1 saturated heterocycles. The van der Waals surface area contributed by atoms with E-state index in [-0.39, 0.29) is 18.5 Å². The van der Waals surface area contributed by atoms with Crippen molar-refractivity contribution in [3.63, 3.8) is 0 Å². The molecule has 7 heteroatoms. The Morgan fingerprint density at radius 2 is 2.05 bits per heavy atom. The monoisotopic (exact) mass is 291 g/mol. The Kier molecular flexibility index (Phi) is 3.73. The highest BCUT2D eigenvalue weighted by Gasteiger charge is 2.66. The van der Waals surface area contributed by atoms with Gasteiger partial charge in [0.25, 0.3) is 0 Å². The van der Waals surface area contributed by atoms with E-state index in [2.05, 4.69) is 5.32 Å². The quantitative estimate of drug-likeness (QED) is 0.840. The number of hydrogen-bond acceptors (Lipinski definition) is 2. The first kappa shape index (κ1) is 14.8. The fourth-order valence-electron chi connectivity index (χ4n) is 2.64. The normalized spacial score (nSPS) is 26.7. The van der Waals surface area contributed by atoms with Crippen LogP contribution in [0.2, 0.25) is 0 Å². The highest BCUT2D eigenvalue weighted by atomic mass is 19.4. The van der Waals surface area contributed by atoms with Gasteiger partial charge in [0.2, 0.25) is 0 Å². The highest BCUT2D eigenvalue weighted by molar-refractivity contribution is 5.77. The predicted octanol–water partition coefficient (Wildman–Crippen LogP) is 2.22. The molecule has 1 aliphatic heterocycles. The number of carboxylic acid groups (broad SMARTS) is 1. The molecule has 1 fully saturated rings. The minimum atomic E-state index is -4.89. The zero-order valence-electron chi connectivity index (χ0n) is 10.4. The number of nitrogens with one attached hydrogen (secondary N) is 1. The molecule has 1 aliphatic rings. The second-order valence-corrected chi connectivity index (χ2v) is 4.90. The number of carboxylic acids is 1. The molecule has 2 atom stereocenters. The van der Waals surface area contributed by atoms with Crippen molar-refractivity contribution in [3.05, 3.63) is 35.6 Å². The van der Waals surface area contributed by atoms with Gasteiger partial charge in [0.15, 0.2) is 5.41 Å². The molecule has 2 N–H and O–H groups in total. The van der Waals surface area contributed by atoms with Crippen molar-refractivity contribution >= 4 is 5.97 Å². The van der Waals surface area contributed by atoms with Crippen LogP contribution in [0.4, 0.5) is 17.6 Å². The molecule has 110 valence electrons. The molecule has 0 aliphatic carbocycles. The summed E-state index contributed by atoms with van der Waals surface area (Å²) in [6.45, 7) is -0.800. The number of benzene rings is 1. The number of halogens is 4. The van der Waals surface area contributed by atoms with Crippen LogP contribution in [0.1, 0.15) is 5.56 Å². The number of rotatable bonds is 3. The minimum Gasteiger partial charge on any atom is -0.481 e. The summed E-state index contributed by atoms with van der Waals surface area (Å²) in [4.78, 5) is 11.2. The van der Waals surface area contributed by atoms with E-state index < -0.39 is 35.8 Å². The third-order valence-corrected chi connectivity index (χ3v) is 3.80. The van der Waals surface area contributed by atoms with Crippen molar-refractivity contribution in [1.29, 1.82) is 0 Å². The lowest BCUT2D eigenvalue weighted by Crippen LogP contribution is -2.51. The molecule has 0 amide bonds. The maximum atomic E-state index is 13.5. The molecular formula is C13H13F4NO2. The van der Waals surface area contributed by atoms with Crippen molar-refractivity contribution in [3.8, 4) is 0 Å². The van der Waals surface area contributed by atoms with E-state index in [9.17, 15) is 22.4 Å². The number of alkyl halides is 3. The van der Waals surface area contributed by atoms with Crippen LogP contribution in [0.5, 0.6) is 0 Å². The zero-order chi connectivity index (χ0) is 15.0. The lowest BCUT2D eigenvalue weighted by atomic mass is 9.74. The van der Waals surface area contributed by atoms with Gasteiger partial charge in [-0.1, -0.05) is 18.2 Å². The van der Waals surface area contributed by atoms with Crippen LogP contribution >= 0.6 is 0 Å². The highest BCUT2D eigenvalue weighted by Crippen LogP contribution is 2.47. The number of carbonyl (C=O) groups is 1. The Hall–Kier alpha value is -1.63. The molecule has 1 aromatic carbocycles. The third-order valence-electron chi connectivity index (χ3n) is 3.80. The summed E-state index contributed by atoms with van der Waals surface area (Å²) in [6, 6.07) is 5.46. The van der Waals surface area contributed by atoms with Gasteiger partial charge in [-0.25, -0.2) is 4.39 Å². The fourth-order valence-corrected chi connectivity index (χ4v) is 2.64. The maximum absolute atomic E-state index is 13.5. The smallest absolute Gasteiger partial charge is 0.406 e. The largest absolute Gasteiger partial charge is 0.481 e. The van der Waals surface area contributed by atoms with E-state index >= 15 is 0 Å². The molecular weight excluding hydrogens is 278 g/mol. The van der Waals surface area contributed by atoms with E-state index in [1.54, 1.807) is 0 Å². The van der Waals surface area contributed by atoms with E-state index in [1.807, 2.05) is 0 Å². The van der Waals surface area contributed by atoms with Crippen LogP contribution in [0.3, 0.4) is 0 Å². The Labute approximate surface area is 112 Å². The molecule has 3 nitrogen and oxygen atoms in total. The average molecular weight is 291 g/mol. The van der Waals surface area contributed by atoms with Gasteiger partial charge in [0.05, 0.1) is 0 Å². The van der Waals surface area contributed by atoms with Crippen molar-refractivity contribution in [1.82, 2.24) is 5.32 Å². The van der Waals surface area contributed by atoms with Crippen LogP contribution in [0, 0.1) is 17.2 Å². The zero-order valence-corrected chi connectivity index (χ0v) is 10.4. The molecule has 1 aromatic rings. The molecule has 0 radical (unpaired) electrons. The van der Waals surface area contributed by atoms with Gasteiger partial charge in [-0.2, -0.15) is 13.2 Å². The number of hydrogen-bond donors (Lipinski definition) is 2. The summed E-state index contributed by atoms with van der Waals surface area (Å²) < 4.78 is 53.2. The van der Waals surface area contributed by atoms with Gasteiger partial charge in [0, 0.05) is 12.5 Å². The summed E-state index contributed by atoms with van der Waals surface area (Å²) >= 11 is 0. The summed E-state index contributed by atoms with van der Waals surface area (Å²) in [5.74, 6) is -3.78. The standard InChI is InChI=1S/C13H13F4NO2/c14-10-4-2-1-3-8(10)5-9-6-18-7-12(9,11(19)20)13(15,16)17/h1-4,9,18H,5-7H2,(H,19,20)/t9-,12+/m1/s1. The maximum Gasteiger partial charge on any atom is 0.406 e. The Bertz CT molecular complexity index is 517.